The van der Waals surface area contributed by atoms with Crippen LogP contribution in [0.1, 0.15) is 27.7 Å². The lowest BCUT2D eigenvalue weighted by Gasteiger charge is -2.23. The largest absolute Gasteiger partial charge is 0.474 e. The fourth-order valence-electron chi connectivity index (χ4n) is 3.25. The summed E-state index contributed by atoms with van der Waals surface area (Å²) in [5.41, 5.74) is 0. The third-order valence-electron chi connectivity index (χ3n) is 5.65. The van der Waals surface area contributed by atoms with Crippen molar-refractivity contribution in [2.45, 2.75) is 46.0 Å². The van der Waals surface area contributed by atoms with Crippen LogP contribution in [0.15, 0.2) is 0 Å². The van der Waals surface area contributed by atoms with Crippen molar-refractivity contribution in [1.82, 2.24) is 0 Å². The summed E-state index contributed by atoms with van der Waals surface area (Å²) in [6.07, 6.45) is -6.15. The summed E-state index contributed by atoms with van der Waals surface area (Å²) in [7, 11) is -45.6. The molecule has 0 saturated heterocycles. The van der Waals surface area contributed by atoms with Gasteiger partial charge in [0.15, 0.2) is 13.6 Å². The lowest BCUT2D eigenvalue weighted by Crippen LogP contribution is -2.25. The molecule has 9 atom stereocenters. The molecule has 0 bridgehead atoms. The van der Waals surface area contributed by atoms with Crippen LogP contribution in [0.25, 0.3) is 0 Å². The van der Waals surface area contributed by atoms with Crippen molar-refractivity contribution >= 4 is 70.4 Å². The first-order chi connectivity index (χ1) is 29.6. The standard InChI is InChI=1S/C20H51O36P9/c1-6-40-58(23,24)44-12-19(13-45-59(25,26)41-7-2)55-64(35,36)52-16-50-62(31,32)48-10-18(54-57(21,22)39-5)11-49-63(33,34)51-17-53-65(37,38)56-20(14-46-60(27,28)42-8-3)15-47-61(29,30)43-9-4/h18-20H,6-17H2,1-5H3,(H,21,22)(H,23,24)(H,25,26)(H,27,28)(H,29,30)(H,31,32)(H,33,34)(H,35,36)(H,37,38). The summed E-state index contributed by atoms with van der Waals surface area (Å²) >= 11 is 0. The van der Waals surface area contributed by atoms with Crippen LogP contribution in [0, 0.1) is 0 Å². The maximum atomic E-state index is 12.5. The predicted molar refractivity (Wildman–Crippen MR) is 206 cm³/mol. The monoisotopic (exact) mass is 1150 g/mol. The van der Waals surface area contributed by atoms with Gasteiger partial charge in [0.1, 0.15) is 18.3 Å². The second-order valence-electron chi connectivity index (χ2n) is 10.8. The molecule has 0 amide bonds. The van der Waals surface area contributed by atoms with Crippen LogP contribution >= 0.6 is 70.4 Å². The van der Waals surface area contributed by atoms with E-state index in [1.165, 1.54) is 27.7 Å². The predicted octanol–water partition coefficient (Wildman–Crippen LogP) is 2.92. The number of phosphoric acid groups is 9. The van der Waals surface area contributed by atoms with Crippen molar-refractivity contribution in [3.63, 3.8) is 0 Å². The Bertz CT molecular complexity index is 1670. The molecule has 0 aliphatic heterocycles. The summed E-state index contributed by atoms with van der Waals surface area (Å²) in [4.78, 5) is 88.2. The Kier molecular flexibility index (Phi) is 30.6. The number of phosphoric ester groups is 9. The third-order valence-corrected chi connectivity index (χ3v) is 14.7. The van der Waals surface area contributed by atoms with Gasteiger partial charge < -0.3 is 44.0 Å². The Morgan fingerprint density at radius 3 is 0.677 bits per heavy atom. The molecule has 0 aromatic rings. The average molecular weight is 1150 g/mol. The van der Waals surface area contributed by atoms with Gasteiger partial charge in [-0.1, -0.05) is 0 Å². The van der Waals surface area contributed by atoms with E-state index in [0.717, 1.165) is 0 Å². The fourth-order valence-corrected chi connectivity index (χ4v) is 9.74. The quantitative estimate of drug-likeness (QED) is 0.0314. The highest BCUT2D eigenvalue weighted by Gasteiger charge is 2.37. The molecule has 392 valence electrons. The molecule has 0 radical (unpaired) electrons. The Morgan fingerprint density at radius 1 is 0.292 bits per heavy atom. The van der Waals surface area contributed by atoms with Crippen LogP contribution < -0.4 is 0 Å². The molecule has 0 aliphatic carbocycles. The fraction of sp³-hybridized carbons (Fsp3) is 1.00. The minimum atomic E-state index is -5.50. The molecule has 0 spiro atoms. The van der Waals surface area contributed by atoms with Crippen LogP contribution in [0.3, 0.4) is 0 Å². The van der Waals surface area contributed by atoms with E-state index in [4.69, 9.17) is 0 Å². The molecular weight excluding hydrogens is 1090 g/mol. The second-order valence-corrected chi connectivity index (χ2v) is 23.8. The average Bonchev–Trinajstić information content (AvgIpc) is 3.14. The van der Waals surface area contributed by atoms with Gasteiger partial charge in [-0.2, -0.15) is 0 Å². The number of hydrogen-bond donors (Lipinski definition) is 9. The van der Waals surface area contributed by atoms with Gasteiger partial charge in [-0.25, -0.2) is 41.1 Å². The maximum Gasteiger partial charge on any atom is 0.474 e. The van der Waals surface area contributed by atoms with E-state index in [1.807, 2.05) is 0 Å². The molecule has 0 saturated carbocycles. The first-order valence-electron chi connectivity index (χ1n) is 17.2. The molecule has 0 heterocycles. The summed E-state index contributed by atoms with van der Waals surface area (Å²) < 4.78 is 190. The molecule has 45 heteroatoms. The lowest BCUT2D eigenvalue weighted by atomic mass is 10.4. The summed E-state index contributed by atoms with van der Waals surface area (Å²) in [5, 5.41) is 0. The topological polar surface area (TPSA) is 502 Å². The SMILES string of the molecule is CCOP(=O)(O)OCC(COP(=O)(O)OCC)OP(=O)(O)OCOP(=O)(O)OCC(COP(=O)(O)OCOP(=O)(O)OC(COP(=O)(O)OCC)COP(=O)(O)OCC)OP(=O)(O)OC. The van der Waals surface area contributed by atoms with Gasteiger partial charge in [0, 0.05) is 7.11 Å². The van der Waals surface area contributed by atoms with Gasteiger partial charge in [-0.05, 0) is 27.7 Å². The zero-order chi connectivity index (χ0) is 50.4. The van der Waals surface area contributed by atoms with Crippen LogP contribution in [0.5, 0.6) is 0 Å². The van der Waals surface area contributed by atoms with E-state index in [0.29, 0.717) is 7.11 Å². The van der Waals surface area contributed by atoms with Crippen LogP contribution in [0.4, 0.5) is 0 Å². The summed E-state index contributed by atoms with van der Waals surface area (Å²) in [6, 6.07) is 0. The molecule has 0 rings (SSSR count). The van der Waals surface area contributed by atoms with Crippen LogP contribution in [-0.2, 0) is 123 Å². The van der Waals surface area contributed by atoms with E-state index in [2.05, 4.69) is 81.4 Å². The third kappa shape index (κ3) is 34.1. The van der Waals surface area contributed by atoms with Crippen molar-refractivity contribution in [1.29, 1.82) is 0 Å². The number of rotatable bonds is 41. The molecule has 0 aromatic carbocycles. The molecular formula is C20H51O36P9. The second kappa shape index (κ2) is 30.1. The minimum Gasteiger partial charge on any atom is -0.302 e. The maximum absolute atomic E-state index is 12.5. The lowest BCUT2D eigenvalue weighted by molar-refractivity contribution is -0.0147. The highest BCUT2D eigenvalue weighted by molar-refractivity contribution is 7.49. The normalized spacial score (nSPS) is 22.2. The summed E-state index contributed by atoms with van der Waals surface area (Å²) in [5.74, 6) is 0. The van der Waals surface area contributed by atoms with Crippen molar-refractivity contribution in [3.05, 3.63) is 0 Å². The van der Waals surface area contributed by atoms with E-state index >= 15 is 0 Å². The van der Waals surface area contributed by atoms with E-state index < -0.39 is 142 Å². The van der Waals surface area contributed by atoms with E-state index in [1.54, 1.807) is 0 Å². The molecule has 0 fully saturated rings. The Hall–Kier alpha value is 0.990. The smallest absolute Gasteiger partial charge is 0.302 e. The Morgan fingerprint density at radius 2 is 0.477 bits per heavy atom. The van der Waals surface area contributed by atoms with E-state index in [9.17, 15) is 85.1 Å². The van der Waals surface area contributed by atoms with Crippen molar-refractivity contribution < 1.29 is 167 Å². The first-order valence-corrected chi connectivity index (χ1v) is 30.6. The molecule has 65 heavy (non-hydrogen) atoms. The molecule has 9 unspecified atom stereocenters. The van der Waals surface area contributed by atoms with Crippen molar-refractivity contribution in [2.24, 2.45) is 0 Å². The Balaban J connectivity index is 5.59. The highest BCUT2D eigenvalue weighted by Crippen LogP contribution is 2.54. The van der Waals surface area contributed by atoms with Gasteiger partial charge in [-0.15, -0.1) is 0 Å². The Labute approximate surface area is 369 Å². The molecule has 0 aliphatic rings. The van der Waals surface area contributed by atoms with Gasteiger partial charge in [0.2, 0.25) is 0 Å². The van der Waals surface area contributed by atoms with Gasteiger partial charge in [-0.3, -0.25) is 81.4 Å². The van der Waals surface area contributed by atoms with Gasteiger partial charge in [0.05, 0.1) is 66.1 Å². The minimum absolute atomic E-state index is 0.343. The molecule has 0 aromatic heterocycles. The van der Waals surface area contributed by atoms with Gasteiger partial charge in [0.25, 0.3) is 0 Å². The molecule has 36 nitrogen and oxygen atoms in total. The van der Waals surface area contributed by atoms with Crippen LogP contribution in [-0.4, -0.2) is 149 Å². The van der Waals surface area contributed by atoms with Crippen molar-refractivity contribution in [3.8, 4) is 0 Å². The van der Waals surface area contributed by atoms with E-state index in [-0.39, 0.29) is 26.4 Å². The first kappa shape index (κ1) is 66.0. The van der Waals surface area contributed by atoms with Crippen molar-refractivity contribution in [2.75, 3.05) is 86.8 Å². The van der Waals surface area contributed by atoms with Gasteiger partial charge >= 0.3 is 70.4 Å². The molecule has 9 N–H and O–H groups in total. The summed E-state index contributed by atoms with van der Waals surface area (Å²) in [6.45, 7) is -6.88. The zero-order valence-electron chi connectivity index (χ0n) is 34.3. The zero-order valence-corrected chi connectivity index (χ0v) is 42.3. The number of hydrogen-bond acceptors (Lipinski definition) is 27. The van der Waals surface area contributed by atoms with Crippen LogP contribution in [0.2, 0.25) is 0 Å². The highest BCUT2D eigenvalue weighted by atomic mass is 31.2.